The average molecular weight is 120 g/mol. The molecule has 0 amide bonds. The van der Waals surface area contributed by atoms with Crippen molar-refractivity contribution in [1.29, 1.82) is 0 Å². The van der Waals surface area contributed by atoms with E-state index in [0.717, 1.165) is 0 Å². The average Bonchev–Trinajstić information content (AvgIpc) is 1.64. The highest BCUT2D eigenvalue weighted by Crippen LogP contribution is 2.15. The van der Waals surface area contributed by atoms with Crippen molar-refractivity contribution in [2.75, 3.05) is 19.7 Å². The molecule has 1 saturated heterocycles. The first-order valence-electron chi connectivity index (χ1n) is 2.48. The van der Waals surface area contributed by atoms with Gasteiger partial charge in [-0.3, -0.25) is 0 Å². The molecule has 0 saturated carbocycles. The van der Waals surface area contributed by atoms with Crippen molar-refractivity contribution in [1.82, 2.24) is 5.32 Å². The fourth-order valence-electron chi connectivity index (χ4n) is 0.648. The van der Waals surface area contributed by atoms with Crippen molar-refractivity contribution in [3.63, 3.8) is 0 Å². The molecule has 0 spiro atoms. The summed E-state index contributed by atoms with van der Waals surface area (Å²) in [6, 6.07) is 0. The number of halogens is 1. The molecule has 1 rings (SSSR count). The van der Waals surface area contributed by atoms with Crippen LogP contribution in [0.4, 0.5) is 4.39 Å². The van der Waals surface area contributed by atoms with Crippen LogP contribution in [0.3, 0.4) is 0 Å². The molecule has 0 unspecified atom stereocenters. The van der Waals surface area contributed by atoms with Crippen LogP contribution in [0.25, 0.3) is 0 Å². The third kappa shape index (κ3) is 0.964. The SMILES string of the molecule is NOCC1(F)CNC1. The van der Waals surface area contributed by atoms with Gasteiger partial charge in [-0.2, -0.15) is 0 Å². The Morgan fingerprint density at radius 1 is 1.75 bits per heavy atom. The monoisotopic (exact) mass is 120 g/mol. The van der Waals surface area contributed by atoms with E-state index in [0.29, 0.717) is 13.1 Å². The van der Waals surface area contributed by atoms with Gasteiger partial charge in [0.25, 0.3) is 0 Å². The minimum Gasteiger partial charge on any atom is -0.310 e. The van der Waals surface area contributed by atoms with E-state index >= 15 is 0 Å². The van der Waals surface area contributed by atoms with Gasteiger partial charge in [0, 0.05) is 13.1 Å². The van der Waals surface area contributed by atoms with Crippen LogP contribution in [0.15, 0.2) is 0 Å². The largest absolute Gasteiger partial charge is 0.310 e. The topological polar surface area (TPSA) is 47.3 Å². The molecule has 1 heterocycles. The fourth-order valence-corrected chi connectivity index (χ4v) is 0.648. The van der Waals surface area contributed by atoms with Gasteiger partial charge in [-0.05, 0) is 0 Å². The van der Waals surface area contributed by atoms with E-state index in [1.165, 1.54) is 0 Å². The molecular formula is C4H9FN2O. The molecule has 0 radical (unpaired) electrons. The van der Waals surface area contributed by atoms with Crippen molar-refractivity contribution in [3.05, 3.63) is 0 Å². The molecule has 48 valence electrons. The highest BCUT2D eigenvalue weighted by Gasteiger charge is 2.36. The zero-order chi connectivity index (χ0) is 6.04. The molecule has 0 aromatic heterocycles. The number of rotatable bonds is 2. The molecule has 1 aliphatic rings. The summed E-state index contributed by atoms with van der Waals surface area (Å²) in [6.45, 7) is 0.731. The minimum atomic E-state index is -1.19. The Bertz CT molecular complexity index is 84.1. The Balaban J connectivity index is 2.20. The van der Waals surface area contributed by atoms with Gasteiger partial charge >= 0.3 is 0 Å². The molecule has 0 aliphatic carbocycles. The van der Waals surface area contributed by atoms with E-state index in [2.05, 4.69) is 16.1 Å². The van der Waals surface area contributed by atoms with Crippen LogP contribution >= 0.6 is 0 Å². The Hall–Kier alpha value is -0.190. The van der Waals surface area contributed by atoms with Crippen molar-refractivity contribution < 1.29 is 9.23 Å². The maximum Gasteiger partial charge on any atom is 0.160 e. The summed E-state index contributed by atoms with van der Waals surface area (Å²) in [4.78, 5) is 4.13. The highest BCUT2D eigenvalue weighted by molar-refractivity contribution is 4.92. The van der Waals surface area contributed by atoms with E-state index in [4.69, 9.17) is 0 Å². The van der Waals surface area contributed by atoms with E-state index in [1.54, 1.807) is 0 Å². The lowest BCUT2D eigenvalue weighted by Crippen LogP contribution is -2.59. The molecule has 4 heteroatoms. The number of alkyl halides is 1. The Kier molecular flexibility index (Phi) is 1.46. The van der Waals surface area contributed by atoms with Crippen molar-refractivity contribution in [2.45, 2.75) is 5.67 Å². The van der Waals surface area contributed by atoms with Gasteiger partial charge in [-0.25, -0.2) is 10.3 Å². The summed E-state index contributed by atoms with van der Waals surface area (Å²) in [5.41, 5.74) is -1.19. The van der Waals surface area contributed by atoms with Gasteiger partial charge in [-0.15, -0.1) is 0 Å². The molecule has 0 aromatic rings. The number of nitrogens with one attached hydrogen (secondary N) is 1. The molecule has 8 heavy (non-hydrogen) atoms. The van der Waals surface area contributed by atoms with Crippen molar-refractivity contribution in [2.24, 2.45) is 5.90 Å². The van der Waals surface area contributed by atoms with Gasteiger partial charge in [0.1, 0.15) is 6.61 Å². The smallest absolute Gasteiger partial charge is 0.160 e. The van der Waals surface area contributed by atoms with Gasteiger partial charge in [0.2, 0.25) is 0 Å². The molecule has 1 aliphatic heterocycles. The van der Waals surface area contributed by atoms with Crippen LogP contribution in [-0.2, 0) is 4.84 Å². The maximum atomic E-state index is 12.6. The molecule has 0 aromatic carbocycles. The van der Waals surface area contributed by atoms with Crippen LogP contribution in [0, 0.1) is 0 Å². The summed E-state index contributed by atoms with van der Waals surface area (Å²) in [5.74, 6) is 4.66. The fraction of sp³-hybridized carbons (Fsp3) is 1.00. The Labute approximate surface area is 47.0 Å². The number of hydrogen-bond acceptors (Lipinski definition) is 3. The second-order valence-corrected chi connectivity index (χ2v) is 2.07. The predicted octanol–water partition coefficient (Wildman–Crippen LogP) is -0.812. The van der Waals surface area contributed by atoms with E-state index in [9.17, 15) is 4.39 Å². The standard InChI is InChI=1S/C4H9FN2O/c5-4(3-8-6)1-7-2-4/h7H,1-3,6H2. The van der Waals surface area contributed by atoms with Gasteiger partial charge < -0.3 is 10.2 Å². The van der Waals surface area contributed by atoms with Crippen LogP contribution in [0.2, 0.25) is 0 Å². The minimum absolute atomic E-state index is 0. The van der Waals surface area contributed by atoms with Gasteiger partial charge in [-0.1, -0.05) is 0 Å². The lowest BCUT2D eigenvalue weighted by Gasteiger charge is -2.33. The zero-order valence-electron chi connectivity index (χ0n) is 4.48. The number of hydrogen-bond donors (Lipinski definition) is 2. The van der Waals surface area contributed by atoms with Gasteiger partial charge in [0.15, 0.2) is 5.67 Å². The third-order valence-electron chi connectivity index (χ3n) is 1.23. The molecule has 3 nitrogen and oxygen atoms in total. The lowest BCUT2D eigenvalue weighted by molar-refractivity contribution is -0.0181. The van der Waals surface area contributed by atoms with Gasteiger partial charge in [0.05, 0.1) is 0 Å². The van der Waals surface area contributed by atoms with E-state index in [1.807, 2.05) is 0 Å². The lowest BCUT2D eigenvalue weighted by atomic mass is 10.0. The molecular weight excluding hydrogens is 111 g/mol. The molecule has 3 N–H and O–H groups in total. The quantitative estimate of drug-likeness (QED) is 0.468. The molecule has 0 atom stereocenters. The molecule has 1 fully saturated rings. The normalized spacial score (nSPS) is 24.8. The second kappa shape index (κ2) is 1.97. The van der Waals surface area contributed by atoms with Crippen molar-refractivity contribution >= 4 is 0 Å². The summed E-state index contributed by atoms with van der Waals surface area (Å²) in [7, 11) is 0. The van der Waals surface area contributed by atoms with Crippen LogP contribution in [0.1, 0.15) is 0 Å². The molecule has 0 bridgehead atoms. The Morgan fingerprint density at radius 3 is 2.50 bits per heavy atom. The Morgan fingerprint density at radius 2 is 2.38 bits per heavy atom. The maximum absolute atomic E-state index is 12.6. The first-order valence-corrected chi connectivity index (χ1v) is 2.48. The van der Waals surface area contributed by atoms with Crippen LogP contribution in [0.5, 0.6) is 0 Å². The van der Waals surface area contributed by atoms with E-state index in [-0.39, 0.29) is 6.61 Å². The van der Waals surface area contributed by atoms with Crippen molar-refractivity contribution in [3.8, 4) is 0 Å². The highest BCUT2D eigenvalue weighted by atomic mass is 19.1. The first-order chi connectivity index (χ1) is 3.77. The van der Waals surface area contributed by atoms with Crippen LogP contribution < -0.4 is 11.2 Å². The zero-order valence-corrected chi connectivity index (χ0v) is 4.48. The van der Waals surface area contributed by atoms with Crippen LogP contribution in [-0.4, -0.2) is 25.4 Å². The first kappa shape index (κ1) is 5.94. The van der Waals surface area contributed by atoms with E-state index < -0.39 is 5.67 Å². The third-order valence-corrected chi connectivity index (χ3v) is 1.23. The summed E-state index contributed by atoms with van der Waals surface area (Å²) in [6.07, 6.45) is 0. The summed E-state index contributed by atoms with van der Waals surface area (Å²) < 4.78 is 12.6. The summed E-state index contributed by atoms with van der Waals surface area (Å²) in [5, 5.41) is 2.78. The number of nitrogens with two attached hydrogens (primary N) is 1. The summed E-state index contributed by atoms with van der Waals surface area (Å²) >= 11 is 0. The second-order valence-electron chi connectivity index (χ2n) is 2.07. The predicted molar refractivity (Wildman–Crippen MR) is 26.8 cm³/mol.